The van der Waals surface area contributed by atoms with Crippen molar-refractivity contribution in [2.24, 2.45) is 0 Å². The van der Waals surface area contributed by atoms with Crippen LogP contribution in [-0.2, 0) is 13.2 Å². The highest BCUT2D eigenvalue weighted by atomic mass is 16.5. The van der Waals surface area contributed by atoms with E-state index < -0.39 is 0 Å². The second kappa shape index (κ2) is 7.71. The standard InChI is InChI=1S/C18H23NO/c1-3-15(2)19-13-17-10-7-11-18(12-17)20-14-16-8-5-4-6-9-16/h4-12,15,19H,3,13-14H2,1-2H3/t15-/m0/s1. The first kappa shape index (κ1) is 14.6. The molecule has 0 amide bonds. The van der Waals surface area contributed by atoms with Crippen LogP contribution in [0.4, 0.5) is 0 Å². The Morgan fingerprint density at radius 1 is 1.00 bits per heavy atom. The summed E-state index contributed by atoms with van der Waals surface area (Å²) in [7, 11) is 0. The highest BCUT2D eigenvalue weighted by Gasteiger charge is 2.00. The fraction of sp³-hybridized carbons (Fsp3) is 0.333. The molecule has 0 heterocycles. The van der Waals surface area contributed by atoms with Gasteiger partial charge in [0.2, 0.25) is 0 Å². The summed E-state index contributed by atoms with van der Waals surface area (Å²) in [6.45, 7) is 5.90. The zero-order chi connectivity index (χ0) is 14.2. The summed E-state index contributed by atoms with van der Waals surface area (Å²) in [5, 5.41) is 3.49. The van der Waals surface area contributed by atoms with Gasteiger partial charge in [-0.3, -0.25) is 0 Å². The first-order valence-corrected chi connectivity index (χ1v) is 7.27. The van der Waals surface area contributed by atoms with E-state index in [1.807, 2.05) is 30.3 Å². The van der Waals surface area contributed by atoms with Crippen molar-refractivity contribution in [2.45, 2.75) is 39.5 Å². The highest BCUT2D eigenvalue weighted by Crippen LogP contribution is 2.15. The van der Waals surface area contributed by atoms with E-state index in [0.29, 0.717) is 12.6 Å². The van der Waals surface area contributed by atoms with Crippen LogP contribution in [0.3, 0.4) is 0 Å². The van der Waals surface area contributed by atoms with Crippen molar-refractivity contribution in [3.05, 3.63) is 65.7 Å². The van der Waals surface area contributed by atoms with Crippen LogP contribution in [0.25, 0.3) is 0 Å². The minimum atomic E-state index is 0.545. The number of nitrogens with one attached hydrogen (secondary N) is 1. The maximum absolute atomic E-state index is 5.84. The third-order valence-electron chi connectivity index (χ3n) is 3.41. The van der Waals surface area contributed by atoms with Crippen molar-refractivity contribution >= 4 is 0 Å². The van der Waals surface area contributed by atoms with E-state index in [9.17, 15) is 0 Å². The van der Waals surface area contributed by atoms with E-state index in [0.717, 1.165) is 18.7 Å². The lowest BCUT2D eigenvalue weighted by Gasteiger charge is -2.12. The largest absolute Gasteiger partial charge is 0.489 e. The zero-order valence-electron chi connectivity index (χ0n) is 12.3. The van der Waals surface area contributed by atoms with Crippen LogP contribution < -0.4 is 10.1 Å². The van der Waals surface area contributed by atoms with Crippen LogP contribution in [0.15, 0.2) is 54.6 Å². The summed E-state index contributed by atoms with van der Waals surface area (Å²) in [6, 6.07) is 19.1. The Morgan fingerprint density at radius 3 is 2.50 bits per heavy atom. The third-order valence-corrected chi connectivity index (χ3v) is 3.41. The zero-order valence-corrected chi connectivity index (χ0v) is 12.3. The Kier molecular flexibility index (Phi) is 5.63. The molecule has 0 fully saturated rings. The van der Waals surface area contributed by atoms with Crippen molar-refractivity contribution in [1.82, 2.24) is 5.32 Å². The van der Waals surface area contributed by atoms with Gasteiger partial charge in [0.15, 0.2) is 0 Å². The van der Waals surface area contributed by atoms with Crippen molar-refractivity contribution in [2.75, 3.05) is 0 Å². The summed E-state index contributed by atoms with van der Waals surface area (Å²) >= 11 is 0. The fourth-order valence-corrected chi connectivity index (χ4v) is 1.92. The number of benzene rings is 2. The molecule has 0 saturated heterocycles. The smallest absolute Gasteiger partial charge is 0.120 e. The normalized spacial score (nSPS) is 12.1. The van der Waals surface area contributed by atoms with E-state index in [-0.39, 0.29) is 0 Å². The molecule has 1 atom stereocenters. The molecule has 0 unspecified atom stereocenters. The highest BCUT2D eigenvalue weighted by molar-refractivity contribution is 5.29. The van der Waals surface area contributed by atoms with Gasteiger partial charge in [-0.15, -0.1) is 0 Å². The first-order chi connectivity index (χ1) is 9.78. The summed E-state index contributed by atoms with van der Waals surface area (Å²) in [5.74, 6) is 0.928. The summed E-state index contributed by atoms with van der Waals surface area (Å²) < 4.78 is 5.84. The minimum Gasteiger partial charge on any atom is -0.489 e. The second-order valence-electron chi connectivity index (χ2n) is 5.11. The van der Waals surface area contributed by atoms with Gasteiger partial charge < -0.3 is 10.1 Å². The Hall–Kier alpha value is -1.80. The molecular weight excluding hydrogens is 246 g/mol. The lowest BCUT2D eigenvalue weighted by molar-refractivity contribution is 0.306. The van der Waals surface area contributed by atoms with Crippen LogP contribution >= 0.6 is 0 Å². The predicted molar refractivity (Wildman–Crippen MR) is 83.8 cm³/mol. The Morgan fingerprint density at radius 2 is 1.75 bits per heavy atom. The maximum atomic E-state index is 5.84. The minimum absolute atomic E-state index is 0.545. The molecule has 0 saturated carbocycles. The van der Waals surface area contributed by atoms with Crippen LogP contribution in [0.2, 0.25) is 0 Å². The van der Waals surface area contributed by atoms with Gasteiger partial charge in [0.1, 0.15) is 12.4 Å². The molecule has 2 aromatic rings. The maximum Gasteiger partial charge on any atom is 0.120 e. The van der Waals surface area contributed by atoms with Crippen molar-refractivity contribution in [3.8, 4) is 5.75 Å². The van der Waals surface area contributed by atoms with E-state index in [1.165, 1.54) is 11.1 Å². The molecule has 2 heteroatoms. The van der Waals surface area contributed by atoms with E-state index in [4.69, 9.17) is 4.74 Å². The first-order valence-electron chi connectivity index (χ1n) is 7.27. The topological polar surface area (TPSA) is 21.3 Å². The van der Waals surface area contributed by atoms with Crippen molar-refractivity contribution in [1.29, 1.82) is 0 Å². The van der Waals surface area contributed by atoms with Gasteiger partial charge in [0, 0.05) is 12.6 Å². The molecular formula is C18H23NO. The molecule has 20 heavy (non-hydrogen) atoms. The van der Waals surface area contributed by atoms with E-state index in [2.05, 4.69) is 43.4 Å². The van der Waals surface area contributed by atoms with Crippen LogP contribution in [0, 0.1) is 0 Å². The van der Waals surface area contributed by atoms with Crippen LogP contribution in [-0.4, -0.2) is 6.04 Å². The summed E-state index contributed by atoms with van der Waals surface area (Å²) in [6.07, 6.45) is 1.14. The molecule has 2 aromatic carbocycles. The van der Waals surface area contributed by atoms with Crippen molar-refractivity contribution in [3.63, 3.8) is 0 Å². The van der Waals surface area contributed by atoms with Gasteiger partial charge in [-0.2, -0.15) is 0 Å². The Balaban J connectivity index is 1.89. The lowest BCUT2D eigenvalue weighted by Crippen LogP contribution is -2.24. The third kappa shape index (κ3) is 4.71. The monoisotopic (exact) mass is 269 g/mol. The molecule has 0 aliphatic heterocycles. The van der Waals surface area contributed by atoms with E-state index in [1.54, 1.807) is 0 Å². The average Bonchev–Trinajstić information content (AvgIpc) is 2.52. The number of hydrogen-bond donors (Lipinski definition) is 1. The fourth-order valence-electron chi connectivity index (χ4n) is 1.92. The molecule has 0 aromatic heterocycles. The lowest BCUT2D eigenvalue weighted by atomic mass is 10.2. The number of hydrogen-bond acceptors (Lipinski definition) is 2. The van der Waals surface area contributed by atoms with Crippen LogP contribution in [0.1, 0.15) is 31.4 Å². The van der Waals surface area contributed by atoms with E-state index >= 15 is 0 Å². The molecule has 1 N–H and O–H groups in total. The summed E-state index contributed by atoms with van der Waals surface area (Å²) in [5.41, 5.74) is 2.45. The van der Waals surface area contributed by atoms with Gasteiger partial charge in [-0.05, 0) is 36.6 Å². The molecule has 2 rings (SSSR count). The van der Waals surface area contributed by atoms with Crippen LogP contribution in [0.5, 0.6) is 5.75 Å². The Bertz CT molecular complexity index is 510. The second-order valence-corrected chi connectivity index (χ2v) is 5.11. The SMILES string of the molecule is CC[C@H](C)NCc1cccc(OCc2ccccc2)c1. The summed E-state index contributed by atoms with van der Waals surface area (Å²) in [4.78, 5) is 0. The molecule has 0 aliphatic carbocycles. The van der Waals surface area contributed by atoms with Gasteiger partial charge in [0.25, 0.3) is 0 Å². The predicted octanol–water partition coefficient (Wildman–Crippen LogP) is 4.15. The number of rotatable bonds is 7. The molecule has 0 aliphatic rings. The average molecular weight is 269 g/mol. The quantitative estimate of drug-likeness (QED) is 0.815. The molecule has 106 valence electrons. The van der Waals surface area contributed by atoms with Gasteiger partial charge in [0.05, 0.1) is 0 Å². The molecule has 0 radical (unpaired) electrons. The van der Waals surface area contributed by atoms with Gasteiger partial charge >= 0.3 is 0 Å². The van der Waals surface area contributed by atoms with Gasteiger partial charge in [-0.25, -0.2) is 0 Å². The Labute approximate surface area is 121 Å². The molecule has 2 nitrogen and oxygen atoms in total. The molecule has 0 spiro atoms. The number of ether oxygens (including phenoxy) is 1. The molecule has 0 bridgehead atoms. The van der Waals surface area contributed by atoms with Crippen molar-refractivity contribution < 1.29 is 4.74 Å². The van der Waals surface area contributed by atoms with Gasteiger partial charge in [-0.1, -0.05) is 49.4 Å².